The second-order valence-corrected chi connectivity index (χ2v) is 8.74. The molecule has 154 valence electrons. The van der Waals surface area contributed by atoms with E-state index in [-0.39, 0.29) is 22.0 Å². The molecule has 0 spiro atoms. The van der Waals surface area contributed by atoms with Crippen molar-refractivity contribution in [2.45, 2.75) is 23.8 Å². The number of rotatable bonds is 5. The van der Waals surface area contributed by atoms with Crippen molar-refractivity contribution in [1.29, 1.82) is 0 Å². The predicted octanol–water partition coefficient (Wildman–Crippen LogP) is 2.97. The summed E-state index contributed by atoms with van der Waals surface area (Å²) in [6, 6.07) is 7.77. The van der Waals surface area contributed by atoms with Gasteiger partial charge in [0.2, 0.25) is 10.0 Å². The van der Waals surface area contributed by atoms with E-state index in [9.17, 15) is 27.7 Å². The zero-order chi connectivity index (χ0) is 21.2. The zero-order valence-electron chi connectivity index (χ0n) is 15.0. The van der Waals surface area contributed by atoms with Crippen LogP contribution in [0.25, 0.3) is 0 Å². The van der Waals surface area contributed by atoms with Gasteiger partial charge in [0.25, 0.3) is 11.6 Å². The first kappa shape index (κ1) is 21.2. The zero-order valence-corrected chi connectivity index (χ0v) is 16.6. The summed E-state index contributed by atoms with van der Waals surface area (Å²) in [5.74, 6) is -1.26. The van der Waals surface area contributed by atoms with E-state index in [1.165, 1.54) is 29.2 Å². The van der Waals surface area contributed by atoms with Crippen molar-refractivity contribution in [1.82, 2.24) is 9.62 Å². The standard InChI is InChI=1S/C18H17ClFN3O5S/c19-12-6-7-16(17(9-12)23(25)26)18(24)22-8-2-4-14(11-22)21-29(27,28)15-5-1-3-13(20)10-15/h1,3,5-7,9-10,14,21H,2,4,8,11H2. The maximum Gasteiger partial charge on any atom is 0.283 e. The Bertz CT molecular complexity index is 1060. The summed E-state index contributed by atoms with van der Waals surface area (Å²) >= 11 is 5.78. The van der Waals surface area contributed by atoms with Gasteiger partial charge in [-0.05, 0) is 43.2 Å². The first-order valence-corrected chi connectivity index (χ1v) is 10.5. The minimum absolute atomic E-state index is 0.0349. The highest BCUT2D eigenvalue weighted by Gasteiger charge is 2.31. The highest BCUT2D eigenvalue weighted by Crippen LogP contribution is 2.26. The molecule has 1 saturated heterocycles. The Kier molecular flexibility index (Phi) is 6.15. The maximum absolute atomic E-state index is 13.4. The molecule has 1 amide bonds. The summed E-state index contributed by atoms with van der Waals surface area (Å²) in [6.45, 7) is 0.365. The van der Waals surface area contributed by atoms with Crippen molar-refractivity contribution in [2.24, 2.45) is 0 Å². The smallest absolute Gasteiger partial charge is 0.283 e. The minimum atomic E-state index is -3.98. The van der Waals surface area contributed by atoms with Crippen LogP contribution in [0, 0.1) is 15.9 Å². The van der Waals surface area contributed by atoms with E-state index in [2.05, 4.69) is 4.72 Å². The van der Waals surface area contributed by atoms with E-state index in [0.717, 1.165) is 18.2 Å². The SMILES string of the molecule is O=C(c1ccc(Cl)cc1[N+](=O)[O-])N1CCCC(NS(=O)(=O)c2cccc(F)c2)C1. The third-order valence-electron chi connectivity index (χ3n) is 4.52. The number of nitro benzene ring substituents is 1. The van der Waals surface area contributed by atoms with Gasteiger partial charge < -0.3 is 4.90 Å². The van der Waals surface area contributed by atoms with E-state index in [1.54, 1.807) is 0 Å². The Morgan fingerprint density at radius 3 is 2.72 bits per heavy atom. The third kappa shape index (κ3) is 4.89. The Hall–Kier alpha value is -2.56. The van der Waals surface area contributed by atoms with Crippen molar-refractivity contribution in [3.63, 3.8) is 0 Å². The molecule has 0 aliphatic carbocycles. The lowest BCUT2D eigenvalue weighted by molar-refractivity contribution is -0.385. The van der Waals surface area contributed by atoms with Gasteiger partial charge in [-0.25, -0.2) is 17.5 Å². The van der Waals surface area contributed by atoms with Crippen molar-refractivity contribution in [3.05, 3.63) is 69.0 Å². The summed E-state index contributed by atoms with van der Waals surface area (Å²) in [4.78, 5) is 24.5. The normalized spacial score (nSPS) is 17.2. The summed E-state index contributed by atoms with van der Waals surface area (Å²) in [7, 11) is -3.98. The molecule has 1 aliphatic rings. The van der Waals surface area contributed by atoms with Crippen molar-refractivity contribution >= 4 is 33.2 Å². The second kappa shape index (κ2) is 8.44. The number of carbonyl (C=O) groups is 1. The number of piperidine rings is 1. The molecule has 0 radical (unpaired) electrons. The van der Waals surface area contributed by atoms with E-state index >= 15 is 0 Å². The summed E-state index contributed by atoms with van der Waals surface area (Å²) in [5, 5.41) is 11.4. The fraction of sp³-hybridized carbons (Fsp3) is 0.278. The topological polar surface area (TPSA) is 110 Å². The Morgan fingerprint density at radius 2 is 2.03 bits per heavy atom. The molecule has 2 aromatic rings. The number of halogens is 2. The van der Waals surface area contributed by atoms with Gasteiger partial charge in [0.15, 0.2) is 0 Å². The monoisotopic (exact) mass is 441 g/mol. The van der Waals surface area contributed by atoms with Crippen LogP contribution in [0.15, 0.2) is 47.4 Å². The molecule has 1 N–H and O–H groups in total. The van der Waals surface area contributed by atoms with Crippen LogP contribution in [0.2, 0.25) is 5.02 Å². The molecule has 8 nitrogen and oxygen atoms in total. The Morgan fingerprint density at radius 1 is 1.28 bits per heavy atom. The molecule has 0 bridgehead atoms. The molecule has 29 heavy (non-hydrogen) atoms. The van der Waals surface area contributed by atoms with Crippen molar-refractivity contribution in [3.8, 4) is 0 Å². The van der Waals surface area contributed by atoms with Gasteiger partial charge in [0.05, 0.1) is 9.82 Å². The van der Waals surface area contributed by atoms with Crippen LogP contribution in [-0.4, -0.2) is 43.3 Å². The lowest BCUT2D eigenvalue weighted by atomic mass is 10.0. The predicted molar refractivity (Wildman–Crippen MR) is 104 cm³/mol. The lowest BCUT2D eigenvalue weighted by Gasteiger charge is -2.33. The highest BCUT2D eigenvalue weighted by molar-refractivity contribution is 7.89. The number of likely N-dealkylation sites (tertiary alicyclic amines) is 1. The van der Waals surface area contributed by atoms with Gasteiger partial charge in [-0.2, -0.15) is 0 Å². The van der Waals surface area contributed by atoms with Crippen LogP contribution in [0.5, 0.6) is 0 Å². The van der Waals surface area contributed by atoms with Crippen LogP contribution in [0.1, 0.15) is 23.2 Å². The minimum Gasteiger partial charge on any atom is -0.337 e. The van der Waals surface area contributed by atoms with Crippen LogP contribution >= 0.6 is 11.6 Å². The third-order valence-corrected chi connectivity index (χ3v) is 6.28. The number of carbonyl (C=O) groups excluding carboxylic acids is 1. The molecule has 11 heteroatoms. The van der Waals surface area contributed by atoms with Crippen LogP contribution in [0.4, 0.5) is 10.1 Å². The first-order chi connectivity index (χ1) is 13.7. The first-order valence-electron chi connectivity index (χ1n) is 8.68. The van der Waals surface area contributed by atoms with Crippen LogP contribution in [0.3, 0.4) is 0 Å². The molecule has 1 fully saturated rings. The van der Waals surface area contributed by atoms with Gasteiger partial charge in [0, 0.05) is 30.2 Å². The number of nitrogens with one attached hydrogen (secondary N) is 1. The van der Waals surface area contributed by atoms with E-state index in [4.69, 9.17) is 11.6 Å². The summed E-state index contributed by atoms with van der Waals surface area (Å²) < 4.78 is 40.8. The number of hydrogen-bond donors (Lipinski definition) is 1. The molecule has 1 atom stereocenters. The number of nitro groups is 1. The number of benzene rings is 2. The average molecular weight is 442 g/mol. The average Bonchev–Trinajstić information content (AvgIpc) is 2.67. The molecule has 1 heterocycles. The van der Waals surface area contributed by atoms with Crippen molar-refractivity contribution < 1.29 is 22.5 Å². The van der Waals surface area contributed by atoms with E-state index < -0.39 is 38.4 Å². The van der Waals surface area contributed by atoms with Gasteiger partial charge >= 0.3 is 0 Å². The maximum atomic E-state index is 13.4. The van der Waals surface area contributed by atoms with Crippen molar-refractivity contribution in [2.75, 3.05) is 13.1 Å². The highest BCUT2D eigenvalue weighted by atomic mass is 35.5. The summed E-state index contributed by atoms with van der Waals surface area (Å²) in [5.41, 5.74) is -0.530. The Labute approximate surface area is 171 Å². The second-order valence-electron chi connectivity index (χ2n) is 6.59. The molecular formula is C18H17ClFN3O5S. The van der Waals surface area contributed by atoms with Gasteiger partial charge in [-0.1, -0.05) is 17.7 Å². The number of hydrogen-bond acceptors (Lipinski definition) is 5. The summed E-state index contributed by atoms with van der Waals surface area (Å²) in [6.07, 6.45) is 0.977. The van der Waals surface area contributed by atoms with Crippen LogP contribution < -0.4 is 4.72 Å². The molecule has 0 saturated carbocycles. The quantitative estimate of drug-likeness (QED) is 0.566. The van der Waals surface area contributed by atoms with E-state index in [0.29, 0.717) is 19.4 Å². The Balaban J connectivity index is 1.77. The molecule has 3 rings (SSSR count). The van der Waals surface area contributed by atoms with Gasteiger partial charge in [-0.15, -0.1) is 0 Å². The van der Waals surface area contributed by atoms with Gasteiger partial charge in [0.1, 0.15) is 11.4 Å². The lowest BCUT2D eigenvalue weighted by Crippen LogP contribution is -2.49. The molecule has 1 unspecified atom stereocenters. The number of nitrogens with zero attached hydrogens (tertiary/aromatic N) is 2. The number of sulfonamides is 1. The van der Waals surface area contributed by atoms with Gasteiger partial charge in [-0.3, -0.25) is 14.9 Å². The molecule has 2 aromatic carbocycles. The molecular weight excluding hydrogens is 425 g/mol. The fourth-order valence-electron chi connectivity index (χ4n) is 3.19. The number of amides is 1. The largest absolute Gasteiger partial charge is 0.337 e. The van der Waals surface area contributed by atoms with E-state index in [1.807, 2.05) is 0 Å². The molecule has 1 aliphatic heterocycles. The van der Waals surface area contributed by atoms with Crippen LogP contribution in [-0.2, 0) is 10.0 Å². The fourth-order valence-corrected chi connectivity index (χ4v) is 4.65. The molecule has 0 aromatic heterocycles.